The van der Waals surface area contributed by atoms with Crippen molar-refractivity contribution in [3.05, 3.63) is 34.7 Å². The van der Waals surface area contributed by atoms with Gasteiger partial charge in [-0.2, -0.15) is 0 Å². The molecule has 13 heavy (non-hydrogen) atoms. The van der Waals surface area contributed by atoms with Crippen LogP contribution >= 0.6 is 0 Å². The Hall–Kier alpha value is -1.04. The third-order valence-corrected chi connectivity index (χ3v) is 1.89. The van der Waals surface area contributed by atoms with Gasteiger partial charge < -0.3 is 0 Å². The highest BCUT2D eigenvalue weighted by Gasteiger charge is 1.88. The maximum Gasteiger partial charge on any atom is -0.0227 e. The van der Waals surface area contributed by atoms with Gasteiger partial charge >= 0.3 is 0 Å². The van der Waals surface area contributed by atoms with Gasteiger partial charge in [-0.15, -0.1) is 0 Å². The smallest absolute Gasteiger partial charge is 0.0227 e. The molecule has 0 nitrogen and oxygen atoms in total. The van der Waals surface area contributed by atoms with Crippen molar-refractivity contribution in [2.24, 2.45) is 0 Å². The zero-order valence-corrected chi connectivity index (χ0v) is 8.59. The minimum Gasteiger partial charge on any atom is -0.0764 e. The average Bonchev–Trinajstić information content (AvgIpc) is 2.19. The number of fused-ring (bicyclic) bond motifs is 1. The molecule has 0 fully saturated rings. The molecule has 0 amide bonds. The third-order valence-electron chi connectivity index (χ3n) is 1.89. The lowest BCUT2D eigenvalue weighted by Crippen LogP contribution is -2.25. The van der Waals surface area contributed by atoms with Crippen molar-refractivity contribution in [3.63, 3.8) is 0 Å². The van der Waals surface area contributed by atoms with E-state index in [1.807, 2.05) is 0 Å². The van der Waals surface area contributed by atoms with E-state index >= 15 is 0 Å². The van der Waals surface area contributed by atoms with E-state index in [1.54, 1.807) is 0 Å². The van der Waals surface area contributed by atoms with Crippen LogP contribution in [0, 0.1) is 0 Å². The SMILES string of the molecule is C1=c2ccccc2=CCC1.CCC. The zero-order chi connectivity index (χ0) is 9.52. The van der Waals surface area contributed by atoms with Crippen LogP contribution in [-0.4, -0.2) is 0 Å². The van der Waals surface area contributed by atoms with Crippen molar-refractivity contribution in [1.29, 1.82) is 0 Å². The molecule has 0 spiro atoms. The molecule has 0 atom stereocenters. The predicted octanol–water partition coefficient (Wildman–Crippen LogP) is 2.46. The molecule has 1 aliphatic carbocycles. The number of benzene rings is 1. The second kappa shape index (κ2) is 5.58. The molecule has 0 heterocycles. The number of rotatable bonds is 0. The predicted molar refractivity (Wildman–Crippen MR) is 59.8 cm³/mol. The van der Waals surface area contributed by atoms with E-state index in [0.717, 1.165) is 0 Å². The van der Waals surface area contributed by atoms with Gasteiger partial charge in [0, 0.05) is 0 Å². The lowest BCUT2D eigenvalue weighted by Gasteiger charge is -1.96. The molecule has 0 N–H and O–H groups in total. The van der Waals surface area contributed by atoms with Gasteiger partial charge in [-0.05, 0) is 23.3 Å². The second-order valence-corrected chi connectivity index (χ2v) is 3.32. The maximum atomic E-state index is 2.30. The summed E-state index contributed by atoms with van der Waals surface area (Å²) >= 11 is 0. The first kappa shape index (κ1) is 10.0. The summed E-state index contributed by atoms with van der Waals surface area (Å²) in [7, 11) is 0. The van der Waals surface area contributed by atoms with Crippen LogP contribution in [0.2, 0.25) is 0 Å². The van der Waals surface area contributed by atoms with Crippen LogP contribution in [-0.2, 0) is 0 Å². The van der Waals surface area contributed by atoms with Crippen LogP contribution in [0.4, 0.5) is 0 Å². The summed E-state index contributed by atoms with van der Waals surface area (Å²) in [4.78, 5) is 0. The topological polar surface area (TPSA) is 0 Å². The Kier molecular flexibility index (Phi) is 4.31. The van der Waals surface area contributed by atoms with Crippen LogP contribution in [0.1, 0.15) is 33.1 Å². The molecule has 0 aliphatic heterocycles. The molecule has 0 saturated carbocycles. The highest BCUT2D eigenvalue weighted by atomic mass is 13.9. The first-order chi connectivity index (χ1) is 6.38. The quantitative estimate of drug-likeness (QED) is 0.567. The van der Waals surface area contributed by atoms with E-state index in [9.17, 15) is 0 Å². The van der Waals surface area contributed by atoms with Crippen LogP contribution in [0.3, 0.4) is 0 Å². The Bertz CT molecular complexity index is 312. The molecule has 0 aromatic heterocycles. The lowest BCUT2D eigenvalue weighted by atomic mass is 10.1. The standard InChI is InChI=1S/C10H10.C3H8/c1-2-6-10-8-4-3-7-9(10)5-1;1-3-2/h1-2,5-8H,3-4H2;3H2,1-2H3. The summed E-state index contributed by atoms with van der Waals surface area (Å²) in [5, 5.41) is 2.79. The van der Waals surface area contributed by atoms with Crippen molar-refractivity contribution in [1.82, 2.24) is 0 Å². The molecule has 0 saturated heterocycles. The van der Waals surface area contributed by atoms with E-state index in [0.29, 0.717) is 0 Å². The Morgan fingerprint density at radius 1 is 0.923 bits per heavy atom. The Balaban J connectivity index is 0.000000251. The Morgan fingerprint density at radius 2 is 1.31 bits per heavy atom. The van der Waals surface area contributed by atoms with Crippen LogP contribution in [0.5, 0.6) is 0 Å². The van der Waals surface area contributed by atoms with Crippen molar-refractivity contribution in [2.75, 3.05) is 0 Å². The fourth-order valence-corrected chi connectivity index (χ4v) is 1.36. The van der Waals surface area contributed by atoms with Crippen molar-refractivity contribution in [3.8, 4) is 0 Å². The van der Waals surface area contributed by atoms with Gasteiger partial charge in [-0.3, -0.25) is 0 Å². The van der Waals surface area contributed by atoms with E-state index in [2.05, 4.69) is 50.3 Å². The first-order valence-corrected chi connectivity index (χ1v) is 5.14. The highest BCUT2D eigenvalue weighted by Crippen LogP contribution is 1.93. The van der Waals surface area contributed by atoms with Crippen LogP contribution < -0.4 is 10.4 Å². The summed E-state index contributed by atoms with van der Waals surface area (Å²) in [6, 6.07) is 8.53. The molecule has 2 rings (SSSR count). The zero-order valence-electron chi connectivity index (χ0n) is 8.59. The van der Waals surface area contributed by atoms with Crippen LogP contribution in [0.15, 0.2) is 24.3 Å². The van der Waals surface area contributed by atoms with E-state index < -0.39 is 0 Å². The van der Waals surface area contributed by atoms with Gasteiger partial charge in [-0.1, -0.05) is 56.7 Å². The summed E-state index contributed by atoms with van der Waals surface area (Å²) in [5.74, 6) is 0. The minimum absolute atomic E-state index is 1.21. The van der Waals surface area contributed by atoms with Gasteiger partial charge in [-0.25, -0.2) is 0 Å². The summed E-state index contributed by atoms with van der Waals surface area (Å²) in [5.41, 5.74) is 0. The van der Waals surface area contributed by atoms with Crippen molar-refractivity contribution < 1.29 is 0 Å². The average molecular weight is 174 g/mol. The summed E-state index contributed by atoms with van der Waals surface area (Å²) in [6.07, 6.45) is 8.26. The molecule has 0 radical (unpaired) electrons. The number of hydrogen-bond donors (Lipinski definition) is 0. The molecule has 0 bridgehead atoms. The number of hydrogen-bond acceptors (Lipinski definition) is 0. The maximum absolute atomic E-state index is 2.30. The molecular formula is C13H18. The molecule has 1 aromatic carbocycles. The van der Waals surface area contributed by atoms with Gasteiger partial charge in [0.2, 0.25) is 0 Å². The molecule has 0 heteroatoms. The van der Waals surface area contributed by atoms with E-state index in [-0.39, 0.29) is 0 Å². The fourth-order valence-electron chi connectivity index (χ4n) is 1.36. The lowest BCUT2D eigenvalue weighted by molar-refractivity contribution is 1.09. The van der Waals surface area contributed by atoms with Crippen molar-refractivity contribution in [2.45, 2.75) is 33.1 Å². The molecular weight excluding hydrogens is 156 g/mol. The normalized spacial score (nSPS) is 12.8. The molecule has 0 unspecified atom stereocenters. The molecule has 70 valence electrons. The van der Waals surface area contributed by atoms with Crippen LogP contribution in [0.25, 0.3) is 12.2 Å². The largest absolute Gasteiger partial charge is 0.0764 e. The van der Waals surface area contributed by atoms with E-state index in [4.69, 9.17) is 0 Å². The third kappa shape index (κ3) is 3.06. The summed E-state index contributed by atoms with van der Waals surface area (Å²) < 4.78 is 0. The minimum atomic E-state index is 1.21. The highest BCUT2D eigenvalue weighted by molar-refractivity contribution is 5.37. The fraction of sp³-hybridized carbons (Fsp3) is 0.385. The van der Waals surface area contributed by atoms with Gasteiger partial charge in [0.1, 0.15) is 0 Å². The molecule has 1 aromatic rings. The van der Waals surface area contributed by atoms with Gasteiger partial charge in [0.05, 0.1) is 0 Å². The van der Waals surface area contributed by atoms with E-state index in [1.165, 1.54) is 29.7 Å². The molecule has 1 aliphatic rings. The van der Waals surface area contributed by atoms with Crippen molar-refractivity contribution >= 4 is 12.2 Å². The Labute approximate surface area is 80.6 Å². The second-order valence-electron chi connectivity index (χ2n) is 3.32. The monoisotopic (exact) mass is 174 g/mol. The first-order valence-electron chi connectivity index (χ1n) is 5.14. The van der Waals surface area contributed by atoms with Gasteiger partial charge in [0.25, 0.3) is 0 Å². The summed E-state index contributed by atoms with van der Waals surface area (Å²) in [6.45, 7) is 4.25. The van der Waals surface area contributed by atoms with Gasteiger partial charge in [0.15, 0.2) is 0 Å². The Morgan fingerprint density at radius 3 is 1.69 bits per heavy atom.